The molecule has 27 heavy (non-hydrogen) atoms. The molecule has 0 aromatic heterocycles. The monoisotopic (exact) mass is 370 g/mol. The molecule has 0 saturated heterocycles. The van der Waals surface area contributed by atoms with Gasteiger partial charge in [-0.2, -0.15) is 0 Å². The fourth-order valence-corrected chi connectivity index (χ4v) is 2.83. The van der Waals surface area contributed by atoms with Gasteiger partial charge < -0.3 is 14.2 Å². The average Bonchev–Trinajstić information content (AvgIpc) is 2.74. The van der Waals surface area contributed by atoms with Crippen LogP contribution in [0, 0.1) is 5.41 Å². The van der Waals surface area contributed by atoms with Crippen LogP contribution in [0.5, 0.6) is 5.75 Å². The zero-order valence-electron chi connectivity index (χ0n) is 16.6. The number of ketones is 1. The summed E-state index contributed by atoms with van der Waals surface area (Å²) in [6, 6.07) is 16.7. The molecule has 0 unspecified atom stereocenters. The molecule has 0 bridgehead atoms. The van der Waals surface area contributed by atoms with E-state index in [2.05, 4.69) is 13.8 Å². The molecule has 2 aromatic carbocycles. The van der Waals surface area contributed by atoms with Crippen molar-refractivity contribution in [2.24, 2.45) is 5.41 Å². The van der Waals surface area contributed by atoms with Crippen molar-refractivity contribution in [3.05, 3.63) is 65.7 Å². The SMILES string of the molecule is CCC(CC)(COCCOC)COc1ccc(C(=O)c2ccccc2)cc1. The van der Waals surface area contributed by atoms with Crippen LogP contribution in [0.1, 0.15) is 42.6 Å². The van der Waals surface area contributed by atoms with Crippen LogP contribution in [-0.4, -0.2) is 39.3 Å². The maximum atomic E-state index is 12.5. The Bertz CT molecular complexity index is 675. The molecule has 0 N–H and O–H groups in total. The van der Waals surface area contributed by atoms with Crippen molar-refractivity contribution in [3.8, 4) is 5.75 Å². The van der Waals surface area contributed by atoms with Crippen LogP contribution in [0.15, 0.2) is 54.6 Å². The van der Waals surface area contributed by atoms with Gasteiger partial charge in [0, 0.05) is 23.7 Å². The number of carbonyl (C=O) groups is 1. The Balaban J connectivity index is 1.95. The summed E-state index contributed by atoms with van der Waals surface area (Å²) in [5, 5.41) is 0. The molecule has 146 valence electrons. The lowest BCUT2D eigenvalue weighted by molar-refractivity contribution is -0.00971. The second kappa shape index (κ2) is 10.9. The summed E-state index contributed by atoms with van der Waals surface area (Å²) < 4.78 is 16.8. The zero-order valence-corrected chi connectivity index (χ0v) is 16.6. The van der Waals surface area contributed by atoms with E-state index in [-0.39, 0.29) is 11.2 Å². The second-order valence-corrected chi connectivity index (χ2v) is 6.76. The van der Waals surface area contributed by atoms with Gasteiger partial charge in [0.25, 0.3) is 0 Å². The molecule has 0 atom stereocenters. The first kappa shape index (κ1) is 21.1. The van der Waals surface area contributed by atoms with Crippen molar-refractivity contribution in [2.75, 3.05) is 33.5 Å². The normalized spacial score (nSPS) is 11.4. The van der Waals surface area contributed by atoms with Gasteiger partial charge in [-0.15, -0.1) is 0 Å². The van der Waals surface area contributed by atoms with Crippen LogP contribution in [0.4, 0.5) is 0 Å². The van der Waals surface area contributed by atoms with Gasteiger partial charge in [0.05, 0.1) is 26.4 Å². The van der Waals surface area contributed by atoms with Crippen molar-refractivity contribution in [3.63, 3.8) is 0 Å². The first-order valence-electron chi connectivity index (χ1n) is 9.53. The Hall–Kier alpha value is -2.17. The summed E-state index contributed by atoms with van der Waals surface area (Å²) in [7, 11) is 1.67. The van der Waals surface area contributed by atoms with Crippen molar-refractivity contribution in [2.45, 2.75) is 26.7 Å². The van der Waals surface area contributed by atoms with E-state index in [0.29, 0.717) is 37.6 Å². The number of rotatable bonds is 12. The molecular formula is C23H30O4. The van der Waals surface area contributed by atoms with Gasteiger partial charge in [0.1, 0.15) is 5.75 Å². The Labute approximate surface area is 162 Å². The van der Waals surface area contributed by atoms with E-state index in [1.54, 1.807) is 7.11 Å². The Kier molecular flexibility index (Phi) is 8.49. The van der Waals surface area contributed by atoms with Gasteiger partial charge in [-0.25, -0.2) is 0 Å². The van der Waals surface area contributed by atoms with Crippen molar-refractivity contribution >= 4 is 5.78 Å². The first-order chi connectivity index (χ1) is 13.1. The van der Waals surface area contributed by atoms with E-state index in [9.17, 15) is 4.79 Å². The molecule has 0 radical (unpaired) electrons. The van der Waals surface area contributed by atoms with E-state index in [1.165, 1.54) is 0 Å². The third-order valence-electron chi connectivity index (χ3n) is 5.04. The lowest BCUT2D eigenvalue weighted by atomic mass is 9.84. The number of benzene rings is 2. The van der Waals surface area contributed by atoms with Gasteiger partial charge in [-0.3, -0.25) is 4.79 Å². The lowest BCUT2D eigenvalue weighted by Crippen LogP contribution is -2.33. The molecule has 0 fully saturated rings. The van der Waals surface area contributed by atoms with E-state index >= 15 is 0 Å². The molecule has 4 nitrogen and oxygen atoms in total. The molecule has 2 aromatic rings. The molecule has 0 aliphatic rings. The van der Waals surface area contributed by atoms with Gasteiger partial charge in [-0.1, -0.05) is 44.2 Å². The van der Waals surface area contributed by atoms with Crippen LogP contribution >= 0.6 is 0 Å². The minimum atomic E-state index is -0.0216. The van der Waals surface area contributed by atoms with E-state index in [4.69, 9.17) is 14.2 Å². The number of hydrogen-bond acceptors (Lipinski definition) is 4. The maximum Gasteiger partial charge on any atom is 0.193 e. The number of carbonyl (C=O) groups excluding carboxylic acids is 1. The summed E-state index contributed by atoms with van der Waals surface area (Å²) in [6.07, 6.45) is 1.95. The van der Waals surface area contributed by atoms with Gasteiger partial charge in [-0.05, 0) is 37.1 Å². The lowest BCUT2D eigenvalue weighted by Gasteiger charge is -2.31. The highest BCUT2D eigenvalue weighted by molar-refractivity contribution is 6.08. The summed E-state index contributed by atoms with van der Waals surface area (Å²) >= 11 is 0. The summed E-state index contributed by atoms with van der Waals surface area (Å²) in [5.74, 6) is 0.785. The van der Waals surface area contributed by atoms with Gasteiger partial charge in [0.2, 0.25) is 0 Å². The van der Waals surface area contributed by atoms with E-state index in [1.807, 2.05) is 54.6 Å². The maximum absolute atomic E-state index is 12.5. The van der Waals surface area contributed by atoms with Crippen molar-refractivity contribution < 1.29 is 19.0 Å². The van der Waals surface area contributed by atoms with Gasteiger partial charge in [0.15, 0.2) is 5.78 Å². The Morgan fingerprint density at radius 2 is 1.48 bits per heavy atom. The predicted octanol–water partition coefficient (Wildman–Crippen LogP) is 4.77. The third-order valence-corrected chi connectivity index (χ3v) is 5.04. The number of hydrogen-bond donors (Lipinski definition) is 0. The van der Waals surface area contributed by atoms with Crippen LogP contribution in [0.25, 0.3) is 0 Å². The fourth-order valence-electron chi connectivity index (χ4n) is 2.83. The summed E-state index contributed by atoms with van der Waals surface area (Å²) in [5.41, 5.74) is 1.33. The fraction of sp³-hybridized carbons (Fsp3) is 0.435. The third kappa shape index (κ3) is 6.19. The van der Waals surface area contributed by atoms with Crippen molar-refractivity contribution in [1.29, 1.82) is 0 Å². The van der Waals surface area contributed by atoms with E-state index < -0.39 is 0 Å². The van der Waals surface area contributed by atoms with Crippen LogP contribution < -0.4 is 4.74 Å². The summed E-state index contributed by atoms with van der Waals surface area (Å²) in [4.78, 5) is 12.5. The summed E-state index contributed by atoms with van der Waals surface area (Å²) in [6.45, 7) is 6.74. The Morgan fingerprint density at radius 1 is 0.852 bits per heavy atom. The largest absolute Gasteiger partial charge is 0.493 e. The molecular weight excluding hydrogens is 340 g/mol. The molecule has 0 heterocycles. The van der Waals surface area contributed by atoms with Crippen LogP contribution in [0.3, 0.4) is 0 Å². The smallest absolute Gasteiger partial charge is 0.193 e. The minimum absolute atomic E-state index is 0.0187. The second-order valence-electron chi connectivity index (χ2n) is 6.76. The molecule has 2 rings (SSSR count). The van der Waals surface area contributed by atoms with Crippen LogP contribution in [-0.2, 0) is 9.47 Å². The average molecular weight is 370 g/mol. The highest BCUT2D eigenvalue weighted by atomic mass is 16.5. The highest BCUT2D eigenvalue weighted by Crippen LogP contribution is 2.28. The molecule has 4 heteroatoms. The quantitative estimate of drug-likeness (QED) is 0.399. The van der Waals surface area contributed by atoms with Gasteiger partial charge >= 0.3 is 0 Å². The first-order valence-corrected chi connectivity index (χ1v) is 9.53. The molecule has 0 aliphatic heterocycles. The molecule has 0 saturated carbocycles. The van der Waals surface area contributed by atoms with Crippen molar-refractivity contribution in [1.82, 2.24) is 0 Å². The van der Waals surface area contributed by atoms with Crippen LogP contribution in [0.2, 0.25) is 0 Å². The molecule has 0 aliphatic carbocycles. The predicted molar refractivity (Wildman–Crippen MR) is 108 cm³/mol. The standard InChI is InChI=1S/C23H30O4/c1-4-23(5-2,17-26-16-15-25-3)18-27-21-13-11-20(12-14-21)22(24)19-9-7-6-8-10-19/h6-14H,4-5,15-18H2,1-3H3. The molecule has 0 amide bonds. The Morgan fingerprint density at radius 3 is 2.07 bits per heavy atom. The number of methoxy groups -OCH3 is 1. The highest BCUT2D eigenvalue weighted by Gasteiger charge is 2.27. The molecule has 0 spiro atoms. The zero-order chi connectivity index (χ0) is 19.5. The number of ether oxygens (including phenoxy) is 3. The van der Waals surface area contributed by atoms with E-state index in [0.717, 1.165) is 18.6 Å². The topological polar surface area (TPSA) is 44.8 Å². The minimum Gasteiger partial charge on any atom is -0.493 e.